The van der Waals surface area contributed by atoms with Gasteiger partial charge in [-0.2, -0.15) is 13.2 Å². The molecule has 0 saturated heterocycles. The lowest BCUT2D eigenvalue weighted by molar-refractivity contribution is -0.171. The lowest BCUT2D eigenvalue weighted by Crippen LogP contribution is -2.22. The van der Waals surface area contributed by atoms with Crippen molar-refractivity contribution in [1.82, 2.24) is 0 Å². The van der Waals surface area contributed by atoms with E-state index in [0.29, 0.717) is 11.3 Å². The van der Waals surface area contributed by atoms with E-state index in [1.165, 1.54) is 12.1 Å². The summed E-state index contributed by atoms with van der Waals surface area (Å²) in [6.45, 7) is 1.56. The number of hydrogen-bond acceptors (Lipinski definition) is 4. The summed E-state index contributed by atoms with van der Waals surface area (Å²) in [5.41, 5.74) is 0.575. The lowest BCUT2D eigenvalue weighted by atomic mass is 10.1. The zero-order valence-corrected chi connectivity index (χ0v) is 12.8. The number of alkyl halides is 3. The second kappa shape index (κ2) is 7.62. The third-order valence-corrected chi connectivity index (χ3v) is 4.65. The van der Waals surface area contributed by atoms with Crippen molar-refractivity contribution in [3.8, 4) is 5.75 Å². The summed E-state index contributed by atoms with van der Waals surface area (Å²) in [5.74, 6) is -1.37. The van der Waals surface area contributed by atoms with Crippen molar-refractivity contribution in [2.45, 2.75) is 25.9 Å². The highest BCUT2D eigenvalue weighted by molar-refractivity contribution is 7.91. The van der Waals surface area contributed by atoms with Crippen LogP contribution >= 0.6 is 0 Å². The van der Waals surface area contributed by atoms with E-state index in [2.05, 4.69) is 0 Å². The molecule has 1 aromatic carbocycles. The summed E-state index contributed by atoms with van der Waals surface area (Å²) >= 11 is 0. The largest absolute Gasteiger partial charge is 0.493 e. The van der Waals surface area contributed by atoms with Crippen LogP contribution in [-0.2, 0) is 21.1 Å². The molecule has 0 N–H and O–H groups in total. The lowest BCUT2D eigenvalue weighted by Gasteiger charge is -2.08. The van der Waals surface area contributed by atoms with Crippen molar-refractivity contribution in [2.75, 3.05) is 18.1 Å². The fraction of sp³-hybridized carbons (Fsp3) is 0.500. The van der Waals surface area contributed by atoms with Crippen LogP contribution in [0.2, 0.25) is 0 Å². The Morgan fingerprint density at radius 3 is 2.27 bits per heavy atom. The number of hydrogen-bond donors (Lipinski definition) is 0. The van der Waals surface area contributed by atoms with Crippen molar-refractivity contribution in [3.63, 3.8) is 0 Å². The third kappa shape index (κ3) is 6.46. The van der Waals surface area contributed by atoms with Crippen LogP contribution in [-0.4, -0.2) is 38.5 Å². The highest BCUT2D eigenvalue weighted by atomic mass is 32.2. The van der Waals surface area contributed by atoms with Gasteiger partial charge in [-0.15, -0.1) is 0 Å². The minimum atomic E-state index is -4.80. The molecule has 0 aliphatic carbocycles. The van der Waals surface area contributed by atoms with Gasteiger partial charge in [0.25, 0.3) is 0 Å². The monoisotopic (exact) mass is 338 g/mol. The number of carbonyl (C=O) groups excluding carboxylic acids is 1. The van der Waals surface area contributed by atoms with Crippen LogP contribution in [0.3, 0.4) is 0 Å². The van der Waals surface area contributed by atoms with Gasteiger partial charge in [0.1, 0.15) is 12.4 Å². The smallest absolute Gasteiger partial charge is 0.449 e. The van der Waals surface area contributed by atoms with Gasteiger partial charge in [-0.05, 0) is 24.1 Å². The Balaban J connectivity index is 2.45. The summed E-state index contributed by atoms with van der Waals surface area (Å²) in [6, 6.07) is 6.17. The molecule has 1 rings (SSSR count). The minimum absolute atomic E-state index is 0.0111. The molecule has 0 radical (unpaired) electrons. The Morgan fingerprint density at radius 2 is 1.77 bits per heavy atom. The fourth-order valence-electron chi connectivity index (χ4n) is 1.58. The van der Waals surface area contributed by atoms with Crippen molar-refractivity contribution >= 4 is 15.6 Å². The first kappa shape index (κ1) is 18.5. The highest BCUT2D eigenvalue weighted by Gasteiger charge is 2.37. The summed E-state index contributed by atoms with van der Waals surface area (Å²) < 4.78 is 64.0. The number of rotatable bonds is 8. The molecule has 0 spiro atoms. The zero-order valence-electron chi connectivity index (χ0n) is 12.0. The van der Waals surface area contributed by atoms with E-state index in [1.807, 2.05) is 0 Å². The Morgan fingerprint density at radius 1 is 1.18 bits per heavy atom. The van der Waals surface area contributed by atoms with E-state index >= 15 is 0 Å². The number of aryl methyl sites for hydroxylation is 1. The zero-order chi connectivity index (χ0) is 16.8. The normalized spacial score (nSPS) is 12.2. The molecule has 0 atom stereocenters. The van der Waals surface area contributed by atoms with Gasteiger partial charge < -0.3 is 4.74 Å². The molecule has 0 amide bonds. The topological polar surface area (TPSA) is 60.4 Å². The summed E-state index contributed by atoms with van der Waals surface area (Å²) in [7, 11) is -3.10. The van der Waals surface area contributed by atoms with Crippen molar-refractivity contribution < 1.29 is 31.1 Å². The van der Waals surface area contributed by atoms with E-state index in [9.17, 15) is 26.4 Å². The second-order valence-electron chi connectivity index (χ2n) is 4.65. The van der Waals surface area contributed by atoms with E-state index in [4.69, 9.17) is 4.74 Å². The van der Waals surface area contributed by atoms with Crippen LogP contribution in [0.5, 0.6) is 5.75 Å². The van der Waals surface area contributed by atoms with E-state index in [-0.39, 0.29) is 24.5 Å². The molecule has 0 bridgehead atoms. The maximum Gasteiger partial charge on any atom is 0.449 e. The van der Waals surface area contributed by atoms with Gasteiger partial charge >= 0.3 is 6.18 Å². The molecule has 0 aromatic heterocycles. The molecule has 8 heteroatoms. The number of ether oxygens (including phenoxy) is 1. The van der Waals surface area contributed by atoms with E-state index in [0.717, 1.165) is 0 Å². The summed E-state index contributed by atoms with van der Waals surface area (Å²) in [4.78, 5) is 10.8. The first-order valence-electron chi connectivity index (χ1n) is 6.66. The van der Waals surface area contributed by atoms with Gasteiger partial charge in [-0.3, -0.25) is 4.79 Å². The number of benzene rings is 1. The SMILES string of the molecule is CCS(=O)(=O)CCOc1ccc(CCC(=O)C(F)(F)F)cc1. The minimum Gasteiger partial charge on any atom is -0.493 e. The van der Waals surface area contributed by atoms with Gasteiger partial charge in [-0.25, -0.2) is 8.42 Å². The van der Waals surface area contributed by atoms with E-state index in [1.54, 1.807) is 19.1 Å². The van der Waals surface area contributed by atoms with Gasteiger partial charge in [0.2, 0.25) is 5.78 Å². The van der Waals surface area contributed by atoms with Crippen LogP contribution in [0.4, 0.5) is 13.2 Å². The molecule has 0 unspecified atom stereocenters. The maximum atomic E-state index is 12.1. The van der Waals surface area contributed by atoms with Crippen LogP contribution in [0.1, 0.15) is 18.9 Å². The summed E-state index contributed by atoms with van der Waals surface area (Å²) in [6.07, 6.45) is -5.41. The predicted octanol–water partition coefficient (Wildman–Crippen LogP) is 2.56. The Kier molecular flexibility index (Phi) is 6.40. The Labute approximate surface area is 127 Å². The molecule has 0 saturated carbocycles. The van der Waals surface area contributed by atoms with Gasteiger partial charge in [-0.1, -0.05) is 19.1 Å². The second-order valence-corrected chi connectivity index (χ2v) is 7.12. The fourth-order valence-corrected chi connectivity index (χ4v) is 2.21. The Hall–Kier alpha value is -1.57. The third-order valence-electron chi connectivity index (χ3n) is 2.98. The molecule has 4 nitrogen and oxygen atoms in total. The predicted molar refractivity (Wildman–Crippen MR) is 75.6 cm³/mol. The van der Waals surface area contributed by atoms with Crippen LogP contribution in [0.15, 0.2) is 24.3 Å². The van der Waals surface area contributed by atoms with Gasteiger partial charge in [0.15, 0.2) is 9.84 Å². The first-order chi connectivity index (χ1) is 10.1. The molecular weight excluding hydrogens is 321 g/mol. The molecule has 0 heterocycles. The van der Waals surface area contributed by atoms with Crippen LogP contribution < -0.4 is 4.74 Å². The molecule has 0 aliphatic rings. The number of Topliss-reactive ketones (excluding diaryl/α,β-unsaturated/α-hetero) is 1. The number of ketones is 1. The van der Waals surface area contributed by atoms with Crippen molar-refractivity contribution in [3.05, 3.63) is 29.8 Å². The van der Waals surface area contributed by atoms with Crippen LogP contribution in [0.25, 0.3) is 0 Å². The maximum absolute atomic E-state index is 12.1. The van der Waals surface area contributed by atoms with Crippen molar-refractivity contribution in [1.29, 1.82) is 0 Å². The molecule has 124 valence electrons. The highest BCUT2D eigenvalue weighted by Crippen LogP contribution is 2.20. The Bertz CT molecular complexity index is 592. The first-order valence-corrected chi connectivity index (χ1v) is 8.48. The number of carbonyl (C=O) groups is 1. The van der Waals surface area contributed by atoms with Crippen LogP contribution in [0, 0.1) is 0 Å². The molecule has 0 fully saturated rings. The van der Waals surface area contributed by atoms with E-state index < -0.39 is 28.2 Å². The average Bonchev–Trinajstić information content (AvgIpc) is 2.45. The standard InChI is InChI=1S/C14H17F3O4S/c1-2-22(19,20)10-9-21-12-6-3-11(4-7-12)5-8-13(18)14(15,16)17/h3-4,6-7H,2,5,8-10H2,1H3. The molecule has 22 heavy (non-hydrogen) atoms. The molecule has 0 aliphatic heterocycles. The number of sulfone groups is 1. The molecular formula is C14H17F3O4S. The number of halogens is 3. The quantitative estimate of drug-likeness (QED) is 0.731. The van der Waals surface area contributed by atoms with Gasteiger partial charge in [0, 0.05) is 12.2 Å². The summed E-state index contributed by atoms with van der Waals surface area (Å²) in [5, 5.41) is 0. The average molecular weight is 338 g/mol. The molecule has 1 aromatic rings. The van der Waals surface area contributed by atoms with Gasteiger partial charge in [0.05, 0.1) is 5.75 Å². The van der Waals surface area contributed by atoms with Crippen molar-refractivity contribution in [2.24, 2.45) is 0 Å².